The van der Waals surface area contributed by atoms with Gasteiger partial charge >= 0.3 is 12.0 Å². The molecule has 1 aromatic rings. The topological polar surface area (TPSA) is 60.9 Å². The lowest BCUT2D eigenvalue weighted by Crippen LogP contribution is -2.49. The van der Waals surface area contributed by atoms with Gasteiger partial charge in [-0.25, -0.2) is 9.18 Å². The summed E-state index contributed by atoms with van der Waals surface area (Å²) in [6, 6.07) is 5.58. The first-order valence-corrected chi connectivity index (χ1v) is 7.07. The van der Waals surface area contributed by atoms with Gasteiger partial charge in [0.1, 0.15) is 5.82 Å². The summed E-state index contributed by atoms with van der Waals surface area (Å²) >= 11 is 0. The van der Waals surface area contributed by atoms with Crippen LogP contribution in [0.25, 0.3) is 0 Å². The van der Waals surface area contributed by atoms with Crippen LogP contribution in [0.4, 0.5) is 14.9 Å². The van der Waals surface area contributed by atoms with Gasteiger partial charge in [0.05, 0.1) is 5.92 Å². The molecule has 1 aliphatic rings. The Bertz CT molecular complexity index is 535. The molecule has 0 bridgehead atoms. The summed E-state index contributed by atoms with van der Waals surface area (Å²) in [5.74, 6) is -1.80. The Kier molecular flexibility index (Phi) is 4.77. The summed E-state index contributed by atoms with van der Waals surface area (Å²) in [5.41, 5.74) is 0.486. The third kappa shape index (κ3) is 3.51. The summed E-state index contributed by atoms with van der Waals surface area (Å²) in [5, 5.41) is 9.09. The molecular formula is C15H19FN2O3. The Morgan fingerprint density at radius 2 is 2.24 bits per heavy atom. The lowest BCUT2D eigenvalue weighted by molar-refractivity contribution is -0.143. The number of halogens is 1. The lowest BCUT2D eigenvalue weighted by atomic mass is 9.98. The van der Waals surface area contributed by atoms with Crippen molar-refractivity contribution in [3.63, 3.8) is 0 Å². The number of amides is 2. The molecule has 0 unspecified atom stereocenters. The Labute approximate surface area is 123 Å². The number of carboxylic acid groups (broad SMARTS) is 1. The molecule has 1 heterocycles. The number of piperidine rings is 1. The number of likely N-dealkylation sites (tertiary alicyclic amines) is 1. The number of aliphatic carboxylic acids is 1. The van der Waals surface area contributed by atoms with Crippen LogP contribution in [0, 0.1) is 11.7 Å². The lowest BCUT2D eigenvalue weighted by Gasteiger charge is -2.34. The van der Waals surface area contributed by atoms with E-state index in [9.17, 15) is 14.0 Å². The molecule has 1 N–H and O–H groups in total. The van der Waals surface area contributed by atoms with Crippen LogP contribution in [-0.2, 0) is 4.79 Å². The zero-order valence-corrected chi connectivity index (χ0v) is 12.0. The van der Waals surface area contributed by atoms with Gasteiger partial charge in [-0.2, -0.15) is 0 Å². The quantitative estimate of drug-likeness (QED) is 0.932. The number of carbonyl (C=O) groups excluding carboxylic acids is 1. The molecule has 5 nitrogen and oxygen atoms in total. The summed E-state index contributed by atoms with van der Waals surface area (Å²) in [7, 11) is 0. The van der Waals surface area contributed by atoms with Crippen LogP contribution in [0.2, 0.25) is 0 Å². The van der Waals surface area contributed by atoms with Crippen LogP contribution in [0.1, 0.15) is 19.8 Å². The number of hydrogen-bond acceptors (Lipinski definition) is 2. The Balaban J connectivity index is 2.14. The van der Waals surface area contributed by atoms with E-state index in [1.807, 2.05) is 0 Å². The highest BCUT2D eigenvalue weighted by Crippen LogP contribution is 2.21. The van der Waals surface area contributed by atoms with Crippen molar-refractivity contribution in [2.75, 3.05) is 24.5 Å². The van der Waals surface area contributed by atoms with Crippen LogP contribution in [0.3, 0.4) is 0 Å². The number of urea groups is 1. The van der Waals surface area contributed by atoms with E-state index in [1.165, 1.54) is 21.9 Å². The molecule has 114 valence electrons. The molecule has 0 aromatic heterocycles. The first-order valence-electron chi connectivity index (χ1n) is 7.07. The van der Waals surface area contributed by atoms with Crippen molar-refractivity contribution < 1.29 is 19.1 Å². The van der Waals surface area contributed by atoms with Gasteiger partial charge in [-0.1, -0.05) is 6.07 Å². The normalized spacial score (nSPS) is 18.4. The van der Waals surface area contributed by atoms with Crippen LogP contribution in [-0.4, -0.2) is 41.6 Å². The van der Waals surface area contributed by atoms with Crippen LogP contribution >= 0.6 is 0 Å². The zero-order chi connectivity index (χ0) is 15.4. The highest BCUT2D eigenvalue weighted by atomic mass is 19.1. The number of hydrogen-bond donors (Lipinski definition) is 1. The molecule has 0 aliphatic carbocycles. The first-order chi connectivity index (χ1) is 10.0. The molecule has 1 aliphatic heterocycles. The molecule has 6 heteroatoms. The van der Waals surface area contributed by atoms with Crippen molar-refractivity contribution in [2.45, 2.75) is 19.8 Å². The molecule has 2 amide bonds. The minimum absolute atomic E-state index is 0.208. The van der Waals surface area contributed by atoms with Gasteiger partial charge in [0.15, 0.2) is 0 Å². The molecule has 1 saturated heterocycles. The third-order valence-electron chi connectivity index (χ3n) is 3.71. The Hall–Kier alpha value is -2.11. The van der Waals surface area contributed by atoms with E-state index in [0.29, 0.717) is 31.6 Å². The number of carbonyl (C=O) groups is 2. The van der Waals surface area contributed by atoms with Gasteiger partial charge in [-0.05, 0) is 38.0 Å². The molecule has 0 saturated carbocycles. The fourth-order valence-electron chi connectivity index (χ4n) is 2.60. The number of rotatable bonds is 3. The van der Waals surface area contributed by atoms with Crippen molar-refractivity contribution in [3.05, 3.63) is 30.1 Å². The van der Waals surface area contributed by atoms with Crippen LogP contribution in [0.15, 0.2) is 24.3 Å². The van der Waals surface area contributed by atoms with E-state index in [2.05, 4.69) is 0 Å². The average Bonchev–Trinajstić information content (AvgIpc) is 2.48. The molecule has 0 radical (unpaired) electrons. The SMILES string of the molecule is CCN(C(=O)N1CCC[C@H](C(=O)O)C1)c1cccc(F)c1. The summed E-state index contributed by atoms with van der Waals surface area (Å²) in [4.78, 5) is 26.6. The second kappa shape index (κ2) is 6.56. The third-order valence-corrected chi connectivity index (χ3v) is 3.71. The van der Waals surface area contributed by atoms with Crippen LogP contribution in [0.5, 0.6) is 0 Å². The predicted molar refractivity (Wildman–Crippen MR) is 76.7 cm³/mol. The summed E-state index contributed by atoms with van der Waals surface area (Å²) in [6.07, 6.45) is 1.26. The van der Waals surface area contributed by atoms with Crippen molar-refractivity contribution in [2.24, 2.45) is 5.92 Å². The smallest absolute Gasteiger partial charge is 0.324 e. The Morgan fingerprint density at radius 1 is 1.48 bits per heavy atom. The molecule has 0 spiro atoms. The molecule has 2 rings (SSSR count). The molecule has 1 aromatic carbocycles. The van der Waals surface area contributed by atoms with E-state index < -0.39 is 17.7 Å². The van der Waals surface area contributed by atoms with E-state index in [0.717, 1.165) is 0 Å². The van der Waals surface area contributed by atoms with E-state index in [1.54, 1.807) is 19.1 Å². The summed E-state index contributed by atoms with van der Waals surface area (Å²) in [6.45, 7) is 2.95. The maximum atomic E-state index is 13.3. The summed E-state index contributed by atoms with van der Waals surface area (Å²) < 4.78 is 13.3. The molecular weight excluding hydrogens is 275 g/mol. The van der Waals surface area contributed by atoms with Gasteiger partial charge in [0.25, 0.3) is 0 Å². The number of benzene rings is 1. The standard InChI is InChI=1S/C15H19FN2O3/c1-2-18(13-7-3-6-12(16)9-13)15(21)17-8-4-5-11(10-17)14(19)20/h3,6-7,9,11H,2,4-5,8,10H2,1H3,(H,19,20)/t11-/m0/s1. The van der Waals surface area contributed by atoms with Gasteiger partial charge in [-0.3, -0.25) is 9.69 Å². The van der Waals surface area contributed by atoms with Crippen molar-refractivity contribution >= 4 is 17.7 Å². The maximum absolute atomic E-state index is 13.3. The van der Waals surface area contributed by atoms with Crippen LogP contribution < -0.4 is 4.90 Å². The van der Waals surface area contributed by atoms with Crippen molar-refractivity contribution in [1.29, 1.82) is 0 Å². The second-order valence-corrected chi connectivity index (χ2v) is 5.13. The number of carboxylic acids is 1. The fourth-order valence-corrected chi connectivity index (χ4v) is 2.60. The van der Waals surface area contributed by atoms with Gasteiger partial charge in [-0.15, -0.1) is 0 Å². The van der Waals surface area contributed by atoms with Gasteiger partial charge in [0, 0.05) is 25.3 Å². The first kappa shape index (κ1) is 15.3. The largest absolute Gasteiger partial charge is 0.481 e. The predicted octanol–water partition coefficient (Wildman–Crippen LogP) is 2.57. The van der Waals surface area contributed by atoms with E-state index in [-0.39, 0.29) is 12.6 Å². The monoisotopic (exact) mass is 294 g/mol. The van der Waals surface area contributed by atoms with E-state index >= 15 is 0 Å². The minimum Gasteiger partial charge on any atom is -0.481 e. The number of nitrogens with zero attached hydrogens (tertiary/aromatic N) is 2. The zero-order valence-electron chi connectivity index (χ0n) is 12.0. The molecule has 1 atom stereocenters. The van der Waals surface area contributed by atoms with Crippen molar-refractivity contribution in [1.82, 2.24) is 4.90 Å². The fraction of sp³-hybridized carbons (Fsp3) is 0.467. The highest BCUT2D eigenvalue weighted by molar-refractivity contribution is 5.92. The van der Waals surface area contributed by atoms with Crippen molar-refractivity contribution in [3.8, 4) is 0 Å². The Morgan fingerprint density at radius 3 is 2.86 bits per heavy atom. The minimum atomic E-state index is -0.874. The average molecular weight is 294 g/mol. The molecule has 1 fully saturated rings. The molecule has 21 heavy (non-hydrogen) atoms. The van der Waals surface area contributed by atoms with Gasteiger partial charge in [0.2, 0.25) is 0 Å². The van der Waals surface area contributed by atoms with Gasteiger partial charge < -0.3 is 10.0 Å². The second-order valence-electron chi connectivity index (χ2n) is 5.13. The maximum Gasteiger partial charge on any atom is 0.324 e. The highest BCUT2D eigenvalue weighted by Gasteiger charge is 2.30. The van der Waals surface area contributed by atoms with E-state index in [4.69, 9.17) is 5.11 Å². The number of anilines is 1.